The van der Waals surface area contributed by atoms with Gasteiger partial charge < -0.3 is 14.2 Å². The molecule has 0 N–H and O–H groups in total. The smallest absolute Gasteiger partial charge is 0.317 e. The molecule has 0 spiro atoms. The van der Waals surface area contributed by atoms with Crippen LogP contribution in [0.1, 0.15) is 39.5 Å². The molecule has 1 atom stereocenters. The largest absolute Gasteiger partial charge is 0.465 e. The Morgan fingerprint density at radius 2 is 1.57 bits per heavy atom. The van der Waals surface area contributed by atoms with E-state index in [1.807, 2.05) is 0 Å². The third-order valence-electron chi connectivity index (χ3n) is 3.51. The molecule has 136 valence electrons. The molecule has 6 heteroatoms. The van der Waals surface area contributed by atoms with E-state index in [0.717, 1.165) is 12.8 Å². The normalized spacial score (nSPS) is 14.2. The van der Waals surface area contributed by atoms with E-state index in [0.29, 0.717) is 6.61 Å². The van der Waals surface area contributed by atoms with Crippen molar-refractivity contribution >= 4 is 19.2 Å². The van der Waals surface area contributed by atoms with Gasteiger partial charge in [-0.05, 0) is 32.6 Å². The van der Waals surface area contributed by atoms with Crippen molar-refractivity contribution < 1.29 is 23.8 Å². The first-order valence-electron chi connectivity index (χ1n) is 8.21. The van der Waals surface area contributed by atoms with Gasteiger partial charge in [-0.2, -0.15) is 0 Å². The maximum absolute atomic E-state index is 12.2. The molecule has 0 radical (unpaired) electrons. The highest BCUT2D eigenvalue weighted by atomic mass is 31.2. The summed E-state index contributed by atoms with van der Waals surface area (Å²) in [5.41, 5.74) is -0.947. The zero-order valence-corrected chi connectivity index (χ0v) is 16.5. The van der Waals surface area contributed by atoms with Crippen molar-refractivity contribution in [3.8, 4) is 0 Å². The fourth-order valence-electron chi connectivity index (χ4n) is 2.12. The van der Waals surface area contributed by atoms with Gasteiger partial charge in [-0.1, -0.05) is 0 Å². The number of esters is 2. The molecule has 0 fully saturated rings. The highest BCUT2D eigenvalue weighted by Gasteiger charge is 2.36. The molecule has 0 aromatic carbocycles. The minimum atomic E-state index is -0.947. The summed E-state index contributed by atoms with van der Waals surface area (Å²) in [4.78, 5) is 23.1. The molecule has 0 saturated carbocycles. The SMILES string of the molecule is COCC(C)(COC(C)=O)C(=O)OCCCCCC[P+](C)(C)C. The van der Waals surface area contributed by atoms with Crippen molar-refractivity contribution in [1.29, 1.82) is 0 Å². The van der Waals surface area contributed by atoms with Crippen LogP contribution in [0.25, 0.3) is 0 Å². The van der Waals surface area contributed by atoms with Crippen molar-refractivity contribution in [1.82, 2.24) is 0 Å². The number of hydrogen-bond donors (Lipinski definition) is 0. The van der Waals surface area contributed by atoms with E-state index in [-0.39, 0.29) is 19.2 Å². The van der Waals surface area contributed by atoms with Crippen molar-refractivity contribution in [3.63, 3.8) is 0 Å². The predicted molar refractivity (Wildman–Crippen MR) is 95.6 cm³/mol. The second kappa shape index (κ2) is 11.0. The van der Waals surface area contributed by atoms with E-state index in [2.05, 4.69) is 20.0 Å². The quantitative estimate of drug-likeness (QED) is 0.308. The van der Waals surface area contributed by atoms with Crippen LogP contribution < -0.4 is 0 Å². The van der Waals surface area contributed by atoms with Gasteiger partial charge in [0.2, 0.25) is 0 Å². The van der Waals surface area contributed by atoms with E-state index in [1.54, 1.807) is 6.92 Å². The van der Waals surface area contributed by atoms with Gasteiger partial charge in [0.15, 0.2) is 0 Å². The van der Waals surface area contributed by atoms with Gasteiger partial charge in [0.25, 0.3) is 0 Å². The van der Waals surface area contributed by atoms with Crippen LogP contribution in [0.3, 0.4) is 0 Å². The van der Waals surface area contributed by atoms with E-state index in [9.17, 15) is 9.59 Å². The molecular weight excluding hydrogens is 315 g/mol. The molecule has 5 nitrogen and oxygen atoms in total. The molecule has 0 aromatic rings. The Hall–Kier alpha value is -0.670. The second-order valence-electron chi connectivity index (χ2n) is 7.34. The Bertz CT molecular complexity index is 364. The summed E-state index contributed by atoms with van der Waals surface area (Å²) >= 11 is 0. The molecule has 0 aliphatic heterocycles. The fraction of sp³-hybridized carbons (Fsp3) is 0.882. The number of ether oxygens (including phenoxy) is 3. The molecule has 1 unspecified atom stereocenters. The monoisotopic (exact) mass is 349 g/mol. The van der Waals surface area contributed by atoms with Crippen LogP contribution in [-0.2, 0) is 23.8 Å². The fourth-order valence-corrected chi connectivity index (χ4v) is 3.29. The van der Waals surface area contributed by atoms with Gasteiger partial charge in [-0.15, -0.1) is 0 Å². The van der Waals surface area contributed by atoms with Crippen molar-refractivity contribution in [3.05, 3.63) is 0 Å². The number of methoxy groups -OCH3 is 1. The van der Waals surface area contributed by atoms with E-state index >= 15 is 0 Å². The standard InChI is InChI=1S/C17H34O5P/c1-15(18)22-14-17(2,13-20-3)16(19)21-11-9-7-8-10-12-23(4,5)6/h7-14H2,1-6H3/q+1. The second-order valence-corrected chi connectivity index (χ2v) is 12.4. The summed E-state index contributed by atoms with van der Waals surface area (Å²) in [5, 5.41) is 0. The lowest BCUT2D eigenvalue weighted by atomic mass is 9.93. The molecule has 0 aromatic heterocycles. The molecule has 23 heavy (non-hydrogen) atoms. The molecule has 0 aliphatic rings. The number of hydrogen-bond acceptors (Lipinski definition) is 5. The molecule has 0 heterocycles. The Balaban J connectivity index is 4.02. The molecule has 0 aliphatic carbocycles. The minimum Gasteiger partial charge on any atom is -0.465 e. The number of carbonyl (C=O) groups is 2. The molecular formula is C17H34O5P+. The van der Waals surface area contributed by atoms with Crippen LogP contribution in [0.4, 0.5) is 0 Å². The summed E-state index contributed by atoms with van der Waals surface area (Å²) in [6.45, 7) is 10.6. The van der Waals surface area contributed by atoms with Crippen LogP contribution >= 0.6 is 7.26 Å². The molecule has 0 bridgehead atoms. The van der Waals surface area contributed by atoms with Gasteiger partial charge >= 0.3 is 11.9 Å². The van der Waals surface area contributed by atoms with Crippen molar-refractivity contribution in [2.75, 3.05) is 53.1 Å². The molecule has 0 amide bonds. The van der Waals surface area contributed by atoms with Crippen LogP contribution in [0, 0.1) is 5.41 Å². The summed E-state index contributed by atoms with van der Waals surface area (Å²) in [6.07, 6.45) is 5.68. The first-order chi connectivity index (χ1) is 10.6. The Labute approximate surface area is 141 Å². The van der Waals surface area contributed by atoms with Gasteiger partial charge in [-0.25, -0.2) is 0 Å². The van der Waals surface area contributed by atoms with Crippen LogP contribution in [0.2, 0.25) is 0 Å². The predicted octanol–water partition coefficient (Wildman–Crippen LogP) is 3.21. The Morgan fingerprint density at radius 1 is 0.957 bits per heavy atom. The lowest BCUT2D eigenvalue weighted by Crippen LogP contribution is -2.39. The highest BCUT2D eigenvalue weighted by molar-refractivity contribution is 7.73. The molecule has 0 rings (SSSR count). The molecule has 0 saturated heterocycles. The first kappa shape index (κ1) is 22.3. The summed E-state index contributed by atoms with van der Waals surface area (Å²) in [5.74, 6) is -0.789. The number of rotatable bonds is 12. The summed E-state index contributed by atoms with van der Waals surface area (Å²) < 4.78 is 15.4. The highest BCUT2D eigenvalue weighted by Crippen LogP contribution is 2.47. The Morgan fingerprint density at radius 3 is 2.09 bits per heavy atom. The average molecular weight is 349 g/mol. The first-order valence-corrected chi connectivity index (χ1v) is 11.5. The van der Waals surface area contributed by atoms with Gasteiger partial charge in [-0.3, -0.25) is 9.59 Å². The van der Waals surface area contributed by atoms with Crippen molar-refractivity contribution in [2.24, 2.45) is 5.41 Å². The maximum atomic E-state index is 12.2. The van der Waals surface area contributed by atoms with Gasteiger partial charge in [0.05, 0.1) is 19.4 Å². The lowest BCUT2D eigenvalue weighted by molar-refractivity contribution is -0.166. The van der Waals surface area contributed by atoms with Gasteiger partial charge in [0, 0.05) is 41.3 Å². The zero-order valence-electron chi connectivity index (χ0n) is 15.6. The zero-order chi connectivity index (χ0) is 17.9. The van der Waals surface area contributed by atoms with E-state index in [1.165, 1.54) is 33.0 Å². The van der Waals surface area contributed by atoms with Crippen molar-refractivity contribution in [2.45, 2.75) is 39.5 Å². The van der Waals surface area contributed by atoms with Crippen LogP contribution in [0.15, 0.2) is 0 Å². The van der Waals surface area contributed by atoms with Crippen LogP contribution in [-0.4, -0.2) is 65.0 Å². The maximum Gasteiger partial charge on any atom is 0.317 e. The van der Waals surface area contributed by atoms with E-state index < -0.39 is 18.6 Å². The Kier molecular flexibility index (Phi) is 10.7. The lowest BCUT2D eigenvalue weighted by Gasteiger charge is -2.25. The third kappa shape index (κ3) is 11.5. The third-order valence-corrected chi connectivity index (χ3v) is 5.16. The number of unbranched alkanes of at least 4 members (excludes halogenated alkanes) is 3. The van der Waals surface area contributed by atoms with Crippen LogP contribution in [0.5, 0.6) is 0 Å². The average Bonchev–Trinajstić information content (AvgIpc) is 2.43. The van der Waals surface area contributed by atoms with Gasteiger partial charge in [0.1, 0.15) is 12.0 Å². The summed E-state index contributed by atoms with van der Waals surface area (Å²) in [7, 11) is 0.838. The topological polar surface area (TPSA) is 61.8 Å². The minimum absolute atomic E-state index is 0.0235. The summed E-state index contributed by atoms with van der Waals surface area (Å²) in [6, 6.07) is 0. The number of carbonyl (C=O) groups excluding carboxylic acids is 2. The van der Waals surface area contributed by atoms with E-state index in [4.69, 9.17) is 14.2 Å².